The molecule has 0 bridgehead atoms. The van der Waals surface area contributed by atoms with Crippen molar-refractivity contribution in [2.75, 3.05) is 5.88 Å². The number of rotatable bonds is 4. The van der Waals surface area contributed by atoms with Gasteiger partial charge in [-0.3, -0.25) is 4.79 Å². The first-order valence-corrected chi connectivity index (χ1v) is 6.88. The number of Topliss-reactive ketones (excluding diaryl/α,β-unsaturated/α-hetero) is 1. The Morgan fingerprint density at radius 3 is 2.58 bits per heavy atom. The first-order valence-electron chi connectivity index (χ1n) is 6.34. The summed E-state index contributed by atoms with van der Waals surface area (Å²) >= 11 is 5.64. The van der Waals surface area contributed by atoms with Crippen molar-refractivity contribution in [3.05, 3.63) is 58.4 Å². The van der Waals surface area contributed by atoms with Gasteiger partial charge in [-0.1, -0.05) is 29.8 Å². The predicted molar refractivity (Wildman–Crippen MR) is 79.2 cm³/mol. The van der Waals surface area contributed by atoms with E-state index >= 15 is 0 Å². The molecule has 2 nitrogen and oxygen atoms in total. The van der Waals surface area contributed by atoms with Crippen molar-refractivity contribution in [2.45, 2.75) is 27.3 Å². The average Bonchev–Trinajstić information content (AvgIpc) is 2.66. The fourth-order valence-corrected chi connectivity index (χ4v) is 2.54. The van der Waals surface area contributed by atoms with E-state index in [0.717, 1.165) is 23.5 Å². The van der Waals surface area contributed by atoms with Crippen LogP contribution in [0.5, 0.6) is 0 Å². The molecule has 3 heteroatoms. The molecule has 0 saturated carbocycles. The molecular weight excluding hydrogens is 258 g/mol. The van der Waals surface area contributed by atoms with Crippen LogP contribution in [0, 0.1) is 20.8 Å². The summed E-state index contributed by atoms with van der Waals surface area (Å²) in [4.78, 5) is 11.8. The summed E-state index contributed by atoms with van der Waals surface area (Å²) in [5.41, 5.74) is 5.31. The molecule has 0 atom stereocenters. The molecule has 0 unspecified atom stereocenters. The van der Waals surface area contributed by atoms with Gasteiger partial charge in [-0.25, -0.2) is 0 Å². The van der Waals surface area contributed by atoms with Gasteiger partial charge in [0.25, 0.3) is 0 Å². The first kappa shape index (κ1) is 13.9. The Kier molecular flexibility index (Phi) is 4.11. The lowest BCUT2D eigenvalue weighted by Crippen LogP contribution is -2.07. The van der Waals surface area contributed by atoms with E-state index in [2.05, 4.69) is 35.8 Å². The van der Waals surface area contributed by atoms with Crippen LogP contribution < -0.4 is 0 Å². The van der Waals surface area contributed by atoms with Crippen molar-refractivity contribution in [2.24, 2.45) is 0 Å². The van der Waals surface area contributed by atoms with Crippen molar-refractivity contribution in [1.29, 1.82) is 0 Å². The Morgan fingerprint density at radius 2 is 1.95 bits per heavy atom. The maximum Gasteiger partial charge on any atom is 0.179 e. The number of benzene rings is 1. The van der Waals surface area contributed by atoms with E-state index in [-0.39, 0.29) is 11.7 Å². The van der Waals surface area contributed by atoms with Crippen molar-refractivity contribution in [3.63, 3.8) is 0 Å². The highest BCUT2D eigenvalue weighted by molar-refractivity contribution is 6.30. The fraction of sp³-hybridized carbons (Fsp3) is 0.312. The summed E-state index contributed by atoms with van der Waals surface area (Å²) in [7, 11) is 0. The average molecular weight is 276 g/mol. The minimum absolute atomic E-state index is 0.00902. The minimum Gasteiger partial charge on any atom is -0.344 e. The van der Waals surface area contributed by atoms with E-state index in [1.165, 1.54) is 11.1 Å². The number of ketones is 1. The van der Waals surface area contributed by atoms with Gasteiger partial charge in [0.05, 0.1) is 5.88 Å². The summed E-state index contributed by atoms with van der Waals surface area (Å²) in [5.74, 6) is 0.0274. The Morgan fingerprint density at radius 1 is 1.21 bits per heavy atom. The number of nitrogens with zero attached hydrogens (tertiary/aromatic N) is 1. The van der Waals surface area contributed by atoms with E-state index in [4.69, 9.17) is 11.6 Å². The van der Waals surface area contributed by atoms with E-state index in [1.54, 1.807) is 0 Å². The minimum atomic E-state index is -0.00902. The third-order valence-electron chi connectivity index (χ3n) is 3.42. The molecule has 0 radical (unpaired) electrons. The lowest BCUT2D eigenvalue weighted by molar-refractivity contribution is 0.102. The largest absolute Gasteiger partial charge is 0.344 e. The van der Waals surface area contributed by atoms with Gasteiger partial charge in [0.2, 0.25) is 0 Å². The number of carbonyl (C=O) groups excluding carboxylic acids is 1. The van der Waals surface area contributed by atoms with Gasteiger partial charge >= 0.3 is 0 Å². The van der Waals surface area contributed by atoms with E-state index in [9.17, 15) is 4.79 Å². The van der Waals surface area contributed by atoms with Crippen LogP contribution in [0.2, 0.25) is 0 Å². The van der Waals surface area contributed by atoms with Gasteiger partial charge in [0.15, 0.2) is 5.78 Å². The van der Waals surface area contributed by atoms with Crippen molar-refractivity contribution in [1.82, 2.24) is 4.57 Å². The molecule has 19 heavy (non-hydrogen) atoms. The number of carbonyl (C=O) groups is 1. The predicted octanol–water partition coefficient (Wildman–Crippen LogP) is 3.88. The van der Waals surface area contributed by atoms with Crippen LogP contribution in [0.25, 0.3) is 0 Å². The monoisotopic (exact) mass is 275 g/mol. The zero-order valence-electron chi connectivity index (χ0n) is 11.5. The second-order valence-corrected chi connectivity index (χ2v) is 5.18. The SMILES string of the molecule is Cc1cccc(Cn2c(C)cc(C(=O)CCl)c2C)c1. The lowest BCUT2D eigenvalue weighted by atomic mass is 10.1. The fourth-order valence-electron chi connectivity index (χ4n) is 2.39. The normalized spacial score (nSPS) is 10.7. The molecule has 0 spiro atoms. The van der Waals surface area contributed by atoms with E-state index in [1.807, 2.05) is 19.9 Å². The third kappa shape index (κ3) is 2.90. The lowest BCUT2D eigenvalue weighted by Gasteiger charge is -2.10. The molecule has 0 amide bonds. The quantitative estimate of drug-likeness (QED) is 0.613. The Bertz CT molecular complexity index is 613. The van der Waals surface area contributed by atoms with Crippen LogP contribution in [0.1, 0.15) is 32.9 Å². The van der Waals surface area contributed by atoms with Crippen LogP contribution >= 0.6 is 11.6 Å². The van der Waals surface area contributed by atoms with Crippen molar-refractivity contribution < 1.29 is 4.79 Å². The van der Waals surface area contributed by atoms with Gasteiger partial charge in [-0.05, 0) is 32.4 Å². The Labute approximate surface area is 119 Å². The van der Waals surface area contributed by atoms with Gasteiger partial charge in [0, 0.05) is 23.5 Å². The molecule has 2 rings (SSSR count). The zero-order chi connectivity index (χ0) is 14.0. The van der Waals surface area contributed by atoms with Gasteiger partial charge in [0.1, 0.15) is 0 Å². The number of hydrogen-bond donors (Lipinski definition) is 0. The van der Waals surface area contributed by atoms with E-state index in [0.29, 0.717) is 0 Å². The highest BCUT2D eigenvalue weighted by atomic mass is 35.5. The zero-order valence-corrected chi connectivity index (χ0v) is 12.3. The summed E-state index contributed by atoms with van der Waals surface area (Å²) in [6, 6.07) is 10.3. The summed E-state index contributed by atoms with van der Waals surface area (Å²) < 4.78 is 2.16. The van der Waals surface area contributed by atoms with Gasteiger partial charge in [-0.2, -0.15) is 0 Å². The standard InChI is InChI=1S/C16H18ClNO/c1-11-5-4-6-14(7-11)10-18-12(2)8-15(13(18)3)16(19)9-17/h4-8H,9-10H2,1-3H3. The molecular formula is C16H18ClNO. The maximum absolute atomic E-state index is 11.8. The van der Waals surface area contributed by atoms with Crippen molar-refractivity contribution in [3.8, 4) is 0 Å². The van der Waals surface area contributed by atoms with Crippen LogP contribution in [0.4, 0.5) is 0 Å². The number of aromatic nitrogens is 1. The molecule has 0 N–H and O–H groups in total. The summed E-state index contributed by atoms with van der Waals surface area (Å²) in [5, 5.41) is 0. The Balaban J connectivity index is 2.36. The highest BCUT2D eigenvalue weighted by Crippen LogP contribution is 2.18. The van der Waals surface area contributed by atoms with Crippen LogP contribution in [0.3, 0.4) is 0 Å². The molecule has 0 aliphatic carbocycles. The van der Waals surface area contributed by atoms with Gasteiger partial charge in [-0.15, -0.1) is 11.6 Å². The molecule has 1 heterocycles. The molecule has 100 valence electrons. The second-order valence-electron chi connectivity index (χ2n) is 4.92. The van der Waals surface area contributed by atoms with Crippen LogP contribution in [0.15, 0.2) is 30.3 Å². The smallest absolute Gasteiger partial charge is 0.179 e. The highest BCUT2D eigenvalue weighted by Gasteiger charge is 2.14. The first-order chi connectivity index (χ1) is 9.02. The third-order valence-corrected chi connectivity index (χ3v) is 3.66. The molecule has 0 fully saturated rings. The number of halogens is 1. The second kappa shape index (κ2) is 5.62. The van der Waals surface area contributed by atoms with Crippen LogP contribution in [-0.2, 0) is 6.54 Å². The Hall–Kier alpha value is -1.54. The molecule has 1 aromatic carbocycles. The topological polar surface area (TPSA) is 22.0 Å². The number of hydrogen-bond acceptors (Lipinski definition) is 1. The molecule has 2 aromatic rings. The maximum atomic E-state index is 11.8. The molecule has 0 aliphatic rings. The van der Waals surface area contributed by atoms with Gasteiger partial charge < -0.3 is 4.57 Å². The van der Waals surface area contributed by atoms with Crippen molar-refractivity contribution >= 4 is 17.4 Å². The molecule has 1 aromatic heterocycles. The summed E-state index contributed by atoms with van der Waals surface area (Å²) in [6.45, 7) is 6.87. The molecule has 0 saturated heterocycles. The molecule has 0 aliphatic heterocycles. The van der Waals surface area contributed by atoms with E-state index < -0.39 is 0 Å². The number of aryl methyl sites for hydroxylation is 2. The number of alkyl halides is 1. The summed E-state index contributed by atoms with van der Waals surface area (Å²) in [6.07, 6.45) is 0. The van der Waals surface area contributed by atoms with Crippen LogP contribution in [-0.4, -0.2) is 16.2 Å².